The third-order valence-electron chi connectivity index (χ3n) is 4.76. The predicted molar refractivity (Wildman–Crippen MR) is 93.0 cm³/mol. The van der Waals surface area contributed by atoms with E-state index in [-0.39, 0.29) is 0 Å². The molecule has 1 heterocycles. The van der Waals surface area contributed by atoms with Crippen LogP contribution < -0.4 is 4.90 Å². The van der Waals surface area contributed by atoms with Gasteiger partial charge in [0.15, 0.2) is 0 Å². The molecule has 1 aliphatic rings. The van der Waals surface area contributed by atoms with Gasteiger partial charge in [0, 0.05) is 29.4 Å². The van der Waals surface area contributed by atoms with E-state index in [9.17, 15) is 18.3 Å². The maximum Gasteiger partial charge on any atom is 0.417 e. The Morgan fingerprint density at radius 1 is 1.12 bits per heavy atom. The fourth-order valence-electron chi connectivity index (χ4n) is 3.31. The number of alkyl halides is 3. The topological polar surface area (TPSA) is 47.3 Å². The summed E-state index contributed by atoms with van der Waals surface area (Å²) in [5, 5.41) is 20.5. The van der Waals surface area contributed by atoms with E-state index in [1.807, 2.05) is 4.90 Å². The molecule has 3 rings (SSSR count). The van der Waals surface area contributed by atoms with Crippen LogP contribution in [-0.4, -0.2) is 18.2 Å². The zero-order valence-corrected chi connectivity index (χ0v) is 14.5. The van der Waals surface area contributed by atoms with Crippen LogP contribution >= 0.6 is 11.6 Å². The number of piperidine rings is 1. The van der Waals surface area contributed by atoms with Crippen LogP contribution in [-0.2, 0) is 11.8 Å². The molecule has 2 aromatic carbocycles. The summed E-state index contributed by atoms with van der Waals surface area (Å²) in [4.78, 5) is 1.87. The average molecular weight is 381 g/mol. The smallest absolute Gasteiger partial charge is 0.385 e. The van der Waals surface area contributed by atoms with E-state index in [1.54, 1.807) is 30.3 Å². The molecule has 1 fully saturated rings. The highest BCUT2D eigenvalue weighted by atomic mass is 35.5. The second kappa shape index (κ2) is 6.82. The fourth-order valence-corrected chi connectivity index (χ4v) is 3.62. The third kappa shape index (κ3) is 3.50. The van der Waals surface area contributed by atoms with Gasteiger partial charge in [-0.1, -0.05) is 29.8 Å². The van der Waals surface area contributed by atoms with Gasteiger partial charge in [0.1, 0.15) is 0 Å². The molecule has 0 amide bonds. The molecular weight excluding hydrogens is 365 g/mol. The highest BCUT2D eigenvalue weighted by Gasteiger charge is 2.37. The van der Waals surface area contributed by atoms with Gasteiger partial charge in [-0.25, -0.2) is 0 Å². The van der Waals surface area contributed by atoms with Crippen molar-refractivity contribution in [2.45, 2.75) is 24.6 Å². The van der Waals surface area contributed by atoms with Gasteiger partial charge < -0.3 is 10.0 Å². The summed E-state index contributed by atoms with van der Waals surface area (Å²) in [6, 6.07) is 12.3. The Morgan fingerprint density at radius 3 is 2.35 bits per heavy atom. The third-order valence-corrected chi connectivity index (χ3v) is 5.09. The first kappa shape index (κ1) is 18.6. The van der Waals surface area contributed by atoms with Gasteiger partial charge in [-0.3, -0.25) is 0 Å². The average Bonchev–Trinajstić information content (AvgIpc) is 2.61. The predicted octanol–water partition coefficient (Wildman–Crippen LogP) is 4.72. The van der Waals surface area contributed by atoms with Crippen LogP contribution in [0.2, 0.25) is 5.02 Å². The summed E-state index contributed by atoms with van der Waals surface area (Å²) in [5.41, 5.74) is -1.21. The van der Waals surface area contributed by atoms with Crippen molar-refractivity contribution in [1.82, 2.24) is 0 Å². The van der Waals surface area contributed by atoms with Gasteiger partial charge in [-0.2, -0.15) is 18.4 Å². The van der Waals surface area contributed by atoms with Crippen LogP contribution in [0.4, 0.5) is 18.9 Å². The van der Waals surface area contributed by atoms with E-state index in [0.717, 1.165) is 6.07 Å². The van der Waals surface area contributed by atoms with Crippen LogP contribution in [0.15, 0.2) is 42.5 Å². The molecule has 0 radical (unpaired) electrons. The molecule has 1 N–H and O–H groups in total. The molecular formula is C19H16ClF3N2O. The molecule has 26 heavy (non-hydrogen) atoms. The summed E-state index contributed by atoms with van der Waals surface area (Å²) >= 11 is 6.18. The lowest BCUT2D eigenvalue weighted by molar-refractivity contribution is -0.137. The van der Waals surface area contributed by atoms with Crippen molar-refractivity contribution in [3.05, 3.63) is 64.2 Å². The molecule has 0 saturated carbocycles. The first-order chi connectivity index (χ1) is 12.2. The second-order valence-corrected chi connectivity index (χ2v) is 6.75. The second-order valence-electron chi connectivity index (χ2n) is 6.34. The first-order valence-corrected chi connectivity index (χ1v) is 8.46. The van der Waals surface area contributed by atoms with Crippen molar-refractivity contribution >= 4 is 17.3 Å². The molecule has 0 atom stereocenters. The number of anilines is 1. The van der Waals surface area contributed by atoms with Crippen LogP contribution in [0, 0.1) is 11.3 Å². The van der Waals surface area contributed by atoms with E-state index < -0.39 is 22.9 Å². The highest BCUT2D eigenvalue weighted by Crippen LogP contribution is 2.39. The van der Waals surface area contributed by atoms with Gasteiger partial charge in [0.2, 0.25) is 0 Å². The van der Waals surface area contributed by atoms with Crippen molar-refractivity contribution < 1.29 is 18.3 Å². The lowest BCUT2D eigenvalue weighted by atomic mass is 9.84. The molecule has 1 saturated heterocycles. The van der Waals surface area contributed by atoms with E-state index >= 15 is 0 Å². The Morgan fingerprint density at radius 2 is 1.77 bits per heavy atom. The van der Waals surface area contributed by atoms with E-state index in [1.165, 1.54) is 12.1 Å². The van der Waals surface area contributed by atoms with Crippen LogP contribution in [0.25, 0.3) is 0 Å². The number of hydrogen-bond donors (Lipinski definition) is 1. The minimum absolute atomic E-state index is 0.389. The van der Waals surface area contributed by atoms with E-state index in [4.69, 9.17) is 16.9 Å². The zero-order chi connectivity index (χ0) is 18.9. The van der Waals surface area contributed by atoms with Gasteiger partial charge in [0.05, 0.1) is 22.8 Å². The molecule has 0 spiro atoms. The maximum absolute atomic E-state index is 12.9. The number of aliphatic hydroxyl groups is 1. The minimum Gasteiger partial charge on any atom is -0.385 e. The lowest BCUT2D eigenvalue weighted by Gasteiger charge is -2.40. The van der Waals surface area contributed by atoms with Crippen molar-refractivity contribution in [2.75, 3.05) is 18.0 Å². The number of benzene rings is 2. The largest absolute Gasteiger partial charge is 0.417 e. The number of nitriles is 1. The molecule has 3 nitrogen and oxygen atoms in total. The Labute approximate surface area is 154 Å². The van der Waals surface area contributed by atoms with Crippen LogP contribution in [0.1, 0.15) is 29.5 Å². The fraction of sp³-hybridized carbons (Fsp3) is 0.316. The van der Waals surface area contributed by atoms with Crippen molar-refractivity contribution in [3.8, 4) is 6.07 Å². The first-order valence-electron chi connectivity index (χ1n) is 8.08. The Balaban J connectivity index is 1.81. The monoisotopic (exact) mass is 380 g/mol. The summed E-state index contributed by atoms with van der Waals surface area (Å²) in [7, 11) is 0. The standard InChI is InChI=1S/C19H16ClF3N2O/c20-17-4-2-1-3-16(17)18(26)7-9-25(10-8-18)14-5-6-15(19(21,22)23)13(11-14)12-24/h1-6,11,26H,7-10H2. The van der Waals surface area contributed by atoms with Gasteiger partial charge in [-0.15, -0.1) is 0 Å². The van der Waals surface area contributed by atoms with Crippen molar-refractivity contribution in [3.63, 3.8) is 0 Å². The SMILES string of the molecule is N#Cc1cc(N2CCC(O)(c3ccccc3Cl)CC2)ccc1C(F)(F)F. The number of nitrogens with zero attached hydrogens (tertiary/aromatic N) is 2. The summed E-state index contributed by atoms with van der Waals surface area (Å²) < 4.78 is 38.8. The summed E-state index contributed by atoms with van der Waals surface area (Å²) in [6.07, 6.45) is -3.78. The minimum atomic E-state index is -4.56. The molecule has 0 bridgehead atoms. The summed E-state index contributed by atoms with van der Waals surface area (Å²) in [5.74, 6) is 0. The number of halogens is 4. The molecule has 0 aliphatic carbocycles. The number of rotatable bonds is 2. The van der Waals surface area contributed by atoms with Gasteiger partial charge >= 0.3 is 6.18 Å². The van der Waals surface area contributed by atoms with E-state index in [2.05, 4.69) is 0 Å². The Kier molecular flexibility index (Phi) is 4.87. The van der Waals surface area contributed by atoms with Gasteiger partial charge in [0.25, 0.3) is 0 Å². The van der Waals surface area contributed by atoms with E-state index in [0.29, 0.717) is 42.2 Å². The quantitative estimate of drug-likeness (QED) is 0.820. The van der Waals surface area contributed by atoms with Crippen molar-refractivity contribution in [1.29, 1.82) is 5.26 Å². The normalized spacial score (nSPS) is 17.0. The lowest BCUT2D eigenvalue weighted by Crippen LogP contribution is -2.42. The number of hydrogen-bond acceptors (Lipinski definition) is 3. The molecule has 7 heteroatoms. The Hall–Kier alpha value is -2.23. The highest BCUT2D eigenvalue weighted by molar-refractivity contribution is 6.31. The van der Waals surface area contributed by atoms with Crippen LogP contribution in [0.5, 0.6) is 0 Å². The van der Waals surface area contributed by atoms with Gasteiger partial charge in [-0.05, 0) is 37.1 Å². The molecule has 2 aromatic rings. The maximum atomic E-state index is 12.9. The summed E-state index contributed by atoms with van der Waals surface area (Å²) in [6.45, 7) is 0.885. The molecule has 136 valence electrons. The van der Waals surface area contributed by atoms with Crippen molar-refractivity contribution in [2.24, 2.45) is 0 Å². The zero-order valence-electron chi connectivity index (χ0n) is 13.7. The molecule has 0 unspecified atom stereocenters. The Bertz CT molecular complexity index is 853. The molecule has 0 aromatic heterocycles. The molecule has 1 aliphatic heterocycles. The van der Waals surface area contributed by atoms with Crippen LogP contribution in [0.3, 0.4) is 0 Å².